The van der Waals surface area contributed by atoms with Crippen molar-refractivity contribution in [1.29, 1.82) is 0 Å². The first kappa shape index (κ1) is 12.8. The second-order valence-corrected chi connectivity index (χ2v) is 4.52. The SMILES string of the molecule is Nc1ncc(Oc2cccc([C@@H]3CNCCO3)c2)cn1. The minimum absolute atomic E-state index is 0.0648. The van der Waals surface area contributed by atoms with Crippen LogP contribution in [0.5, 0.6) is 11.5 Å². The normalized spacial score (nSPS) is 18.7. The van der Waals surface area contributed by atoms with Gasteiger partial charge in [0, 0.05) is 13.1 Å². The molecule has 0 aliphatic carbocycles. The summed E-state index contributed by atoms with van der Waals surface area (Å²) < 4.78 is 11.4. The first-order valence-corrected chi connectivity index (χ1v) is 6.49. The molecule has 104 valence electrons. The van der Waals surface area contributed by atoms with Gasteiger partial charge in [0.2, 0.25) is 5.95 Å². The third kappa shape index (κ3) is 3.04. The number of benzene rings is 1. The summed E-state index contributed by atoms with van der Waals surface area (Å²) in [5.41, 5.74) is 6.53. The van der Waals surface area contributed by atoms with Gasteiger partial charge in [-0.2, -0.15) is 0 Å². The Morgan fingerprint density at radius 2 is 2.10 bits per heavy atom. The van der Waals surface area contributed by atoms with Gasteiger partial charge in [0.1, 0.15) is 5.75 Å². The second-order valence-electron chi connectivity index (χ2n) is 4.52. The molecule has 0 spiro atoms. The Morgan fingerprint density at radius 1 is 1.25 bits per heavy atom. The van der Waals surface area contributed by atoms with Crippen molar-refractivity contribution in [2.75, 3.05) is 25.4 Å². The molecule has 0 bridgehead atoms. The molecule has 1 saturated heterocycles. The van der Waals surface area contributed by atoms with Crippen LogP contribution in [0.15, 0.2) is 36.7 Å². The fourth-order valence-corrected chi connectivity index (χ4v) is 2.07. The summed E-state index contributed by atoms with van der Waals surface area (Å²) in [6.45, 7) is 2.44. The molecular formula is C14H16N4O2. The van der Waals surface area contributed by atoms with Gasteiger partial charge < -0.3 is 20.5 Å². The van der Waals surface area contributed by atoms with Crippen molar-refractivity contribution in [3.8, 4) is 11.5 Å². The molecule has 1 atom stereocenters. The van der Waals surface area contributed by atoms with Gasteiger partial charge >= 0.3 is 0 Å². The van der Waals surface area contributed by atoms with Crippen LogP contribution in [0, 0.1) is 0 Å². The van der Waals surface area contributed by atoms with Crippen LogP contribution >= 0.6 is 0 Å². The Labute approximate surface area is 116 Å². The molecule has 2 heterocycles. The van der Waals surface area contributed by atoms with Gasteiger partial charge in [-0.25, -0.2) is 9.97 Å². The number of rotatable bonds is 3. The van der Waals surface area contributed by atoms with Crippen molar-refractivity contribution >= 4 is 5.95 Å². The predicted molar refractivity (Wildman–Crippen MR) is 74.5 cm³/mol. The average Bonchev–Trinajstić information content (AvgIpc) is 2.51. The first-order chi connectivity index (χ1) is 9.81. The van der Waals surface area contributed by atoms with E-state index in [0.29, 0.717) is 5.75 Å². The van der Waals surface area contributed by atoms with E-state index in [1.807, 2.05) is 24.3 Å². The number of anilines is 1. The lowest BCUT2D eigenvalue weighted by atomic mass is 10.1. The van der Waals surface area contributed by atoms with Crippen LogP contribution in [0.25, 0.3) is 0 Å². The lowest BCUT2D eigenvalue weighted by molar-refractivity contribution is 0.0276. The van der Waals surface area contributed by atoms with Crippen molar-refractivity contribution < 1.29 is 9.47 Å². The summed E-state index contributed by atoms with van der Waals surface area (Å²) in [6, 6.07) is 7.83. The molecule has 1 aromatic carbocycles. The van der Waals surface area contributed by atoms with Gasteiger partial charge in [0.05, 0.1) is 25.1 Å². The van der Waals surface area contributed by atoms with Crippen molar-refractivity contribution in [1.82, 2.24) is 15.3 Å². The minimum Gasteiger partial charge on any atom is -0.454 e. The summed E-state index contributed by atoms with van der Waals surface area (Å²) in [5.74, 6) is 1.51. The van der Waals surface area contributed by atoms with Crippen LogP contribution in [0.1, 0.15) is 11.7 Å². The number of nitrogen functional groups attached to an aromatic ring is 1. The molecule has 3 rings (SSSR count). The number of nitrogens with two attached hydrogens (primary N) is 1. The summed E-state index contributed by atoms with van der Waals surface area (Å²) in [7, 11) is 0. The minimum atomic E-state index is 0.0648. The van der Waals surface area contributed by atoms with Crippen LogP contribution in [0.4, 0.5) is 5.95 Å². The van der Waals surface area contributed by atoms with Gasteiger partial charge in [-0.3, -0.25) is 0 Å². The summed E-state index contributed by atoms with van der Waals surface area (Å²) in [4.78, 5) is 7.79. The molecule has 1 fully saturated rings. The summed E-state index contributed by atoms with van der Waals surface area (Å²) >= 11 is 0. The number of ether oxygens (including phenoxy) is 2. The molecule has 0 amide bonds. The zero-order valence-electron chi connectivity index (χ0n) is 11.0. The molecule has 1 aliphatic heterocycles. The van der Waals surface area contributed by atoms with Gasteiger partial charge in [-0.15, -0.1) is 0 Å². The number of morpholine rings is 1. The lowest BCUT2D eigenvalue weighted by Crippen LogP contribution is -2.33. The Bertz CT molecular complexity index is 568. The highest BCUT2D eigenvalue weighted by molar-refractivity contribution is 5.34. The van der Waals surface area contributed by atoms with E-state index >= 15 is 0 Å². The van der Waals surface area contributed by atoms with Gasteiger partial charge in [0.25, 0.3) is 0 Å². The Balaban J connectivity index is 1.75. The topological polar surface area (TPSA) is 82.3 Å². The molecule has 0 saturated carbocycles. The summed E-state index contributed by atoms with van der Waals surface area (Å²) in [5, 5.41) is 3.31. The monoisotopic (exact) mass is 272 g/mol. The van der Waals surface area contributed by atoms with E-state index in [1.54, 1.807) is 12.4 Å². The smallest absolute Gasteiger partial charge is 0.220 e. The molecule has 0 radical (unpaired) electrons. The van der Waals surface area contributed by atoms with E-state index in [9.17, 15) is 0 Å². The van der Waals surface area contributed by atoms with Crippen LogP contribution in [0.3, 0.4) is 0 Å². The van der Waals surface area contributed by atoms with Crippen LogP contribution in [0.2, 0.25) is 0 Å². The van der Waals surface area contributed by atoms with Crippen molar-refractivity contribution in [3.63, 3.8) is 0 Å². The molecule has 20 heavy (non-hydrogen) atoms. The third-order valence-electron chi connectivity index (χ3n) is 3.04. The predicted octanol–water partition coefficient (Wildman–Crippen LogP) is 1.51. The number of aromatic nitrogens is 2. The highest BCUT2D eigenvalue weighted by atomic mass is 16.5. The Kier molecular flexibility index (Phi) is 3.76. The van der Waals surface area contributed by atoms with Crippen LogP contribution < -0.4 is 15.8 Å². The molecular weight excluding hydrogens is 256 g/mol. The summed E-state index contributed by atoms with van der Waals surface area (Å²) in [6.07, 6.45) is 3.16. The van der Waals surface area contributed by atoms with Crippen LogP contribution in [-0.2, 0) is 4.74 Å². The number of hydrogen-bond donors (Lipinski definition) is 2. The lowest BCUT2D eigenvalue weighted by Gasteiger charge is -2.24. The Hall–Kier alpha value is -2.18. The molecule has 2 aromatic rings. The van der Waals surface area contributed by atoms with E-state index < -0.39 is 0 Å². The fraction of sp³-hybridized carbons (Fsp3) is 0.286. The van der Waals surface area contributed by atoms with Gasteiger partial charge in [-0.1, -0.05) is 12.1 Å². The number of hydrogen-bond acceptors (Lipinski definition) is 6. The number of nitrogens with zero attached hydrogens (tertiary/aromatic N) is 2. The standard InChI is InChI=1S/C14H16N4O2/c15-14-17-7-12(8-18-14)20-11-3-1-2-10(6-11)13-9-16-4-5-19-13/h1-3,6-8,13,16H,4-5,9H2,(H2,15,17,18)/t13-/m0/s1. The molecule has 6 nitrogen and oxygen atoms in total. The molecule has 3 N–H and O–H groups in total. The highest BCUT2D eigenvalue weighted by Gasteiger charge is 2.16. The van der Waals surface area contributed by atoms with E-state index in [-0.39, 0.29) is 12.1 Å². The largest absolute Gasteiger partial charge is 0.454 e. The first-order valence-electron chi connectivity index (χ1n) is 6.49. The zero-order chi connectivity index (χ0) is 13.8. The number of nitrogens with one attached hydrogen (secondary N) is 1. The third-order valence-corrected chi connectivity index (χ3v) is 3.04. The van der Waals surface area contributed by atoms with Crippen LogP contribution in [-0.4, -0.2) is 29.7 Å². The quantitative estimate of drug-likeness (QED) is 0.881. The van der Waals surface area contributed by atoms with Gasteiger partial charge in [-0.05, 0) is 17.7 Å². The average molecular weight is 272 g/mol. The van der Waals surface area contributed by atoms with E-state index in [0.717, 1.165) is 31.0 Å². The maximum atomic E-state index is 5.73. The van der Waals surface area contributed by atoms with E-state index in [1.165, 1.54) is 0 Å². The molecule has 6 heteroatoms. The van der Waals surface area contributed by atoms with Crippen molar-refractivity contribution in [2.24, 2.45) is 0 Å². The highest BCUT2D eigenvalue weighted by Crippen LogP contribution is 2.26. The van der Waals surface area contributed by atoms with Crippen molar-refractivity contribution in [3.05, 3.63) is 42.2 Å². The van der Waals surface area contributed by atoms with Crippen molar-refractivity contribution in [2.45, 2.75) is 6.10 Å². The fourth-order valence-electron chi connectivity index (χ4n) is 2.07. The molecule has 1 aromatic heterocycles. The maximum absolute atomic E-state index is 5.73. The Morgan fingerprint density at radius 3 is 2.85 bits per heavy atom. The molecule has 0 unspecified atom stereocenters. The van der Waals surface area contributed by atoms with E-state index in [4.69, 9.17) is 15.2 Å². The van der Waals surface area contributed by atoms with E-state index in [2.05, 4.69) is 15.3 Å². The maximum Gasteiger partial charge on any atom is 0.220 e. The van der Waals surface area contributed by atoms with Gasteiger partial charge in [0.15, 0.2) is 5.75 Å². The molecule has 1 aliphatic rings. The zero-order valence-corrected chi connectivity index (χ0v) is 11.0. The second kappa shape index (κ2) is 5.85.